The largest absolute Gasteiger partial charge is 0.494 e. The summed E-state index contributed by atoms with van der Waals surface area (Å²) >= 11 is 0. The predicted octanol–water partition coefficient (Wildman–Crippen LogP) is 0.773. The molecule has 0 spiro atoms. The van der Waals surface area contributed by atoms with Gasteiger partial charge in [0.1, 0.15) is 12.3 Å². The lowest BCUT2D eigenvalue weighted by molar-refractivity contribution is -0.119. The minimum absolute atomic E-state index is 0.0829. The van der Waals surface area contributed by atoms with Crippen LogP contribution in [-0.4, -0.2) is 58.4 Å². The molecule has 0 fully saturated rings. The quantitative estimate of drug-likeness (QED) is 0.316. The van der Waals surface area contributed by atoms with E-state index in [-0.39, 0.29) is 12.5 Å². The van der Waals surface area contributed by atoms with Crippen molar-refractivity contribution >= 4 is 11.9 Å². The van der Waals surface area contributed by atoms with E-state index in [2.05, 4.69) is 20.9 Å². The second-order valence-corrected chi connectivity index (χ2v) is 4.98. The summed E-state index contributed by atoms with van der Waals surface area (Å²) in [6.07, 6.45) is 0.833. The van der Waals surface area contributed by atoms with Crippen molar-refractivity contribution in [3.8, 4) is 5.75 Å². The molecule has 0 aromatic heterocycles. The molecule has 0 saturated carbocycles. The highest BCUT2D eigenvalue weighted by Crippen LogP contribution is 2.07. The summed E-state index contributed by atoms with van der Waals surface area (Å²) in [4.78, 5) is 15.9. The highest BCUT2D eigenvalue weighted by Gasteiger charge is 2.01. The van der Waals surface area contributed by atoms with Crippen LogP contribution in [0.2, 0.25) is 0 Å². The van der Waals surface area contributed by atoms with E-state index in [4.69, 9.17) is 9.47 Å². The molecule has 0 unspecified atom stereocenters. The van der Waals surface area contributed by atoms with Crippen molar-refractivity contribution in [1.82, 2.24) is 16.0 Å². The number of hydrogen-bond donors (Lipinski definition) is 3. The number of amides is 1. The van der Waals surface area contributed by atoms with Gasteiger partial charge < -0.3 is 25.4 Å². The first-order chi connectivity index (χ1) is 11.8. The summed E-state index contributed by atoms with van der Waals surface area (Å²) in [6.45, 7) is 5.12. The Kier molecular flexibility index (Phi) is 10.9. The molecule has 0 aliphatic carbocycles. The number of benzene rings is 1. The molecule has 3 N–H and O–H groups in total. The fourth-order valence-corrected chi connectivity index (χ4v) is 1.83. The summed E-state index contributed by atoms with van der Waals surface area (Å²) in [6, 6.07) is 9.71. The van der Waals surface area contributed by atoms with Gasteiger partial charge in [0.2, 0.25) is 5.91 Å². The Morgan fingerprint density at radius 3 is 2.58 bits per heavy atom. The maximum atomic E-state index is 11.6. The van der Waals surface area contributed by atoms with E-state index in [1.165, 1.54) is 0 Å². The lowest BCUT2D eigenvalue weighted by Gasteiger charge is -2.11. The van der Waals surface area contributed by atoms with Crippen LogP contribution >= 0.6 is 0 Å². The molecular formula is C17H28N4O3. The number of aliphatic imine (C=N–C) groups is 1. The number of rotatable bonds is 11. The maximum Gasteiger partial charge on any atom is 0.241 e. The first kappa shape index (κ1) is 19.8. The molecule has 1 amide bonds. The average Bonchev–Trinajstić information content (AvgIpc) is 2.60. The summed E-state index contributed by atoms with van der Waals surface area (Å²) in [5, 5.41) is 9.02. The Morgan fingerprint density at radius 2 is 1.88 bits per heavy atom. The highest BCUT2D eigenvalue weighted by atomic mass is 16.5. The van der Waals surface area contributed by atoms with Gasteiger partial charge in [0.25, 0.3) is 0 Å². The van der Waals surface area contributed by atoms with Gasteiger partial charge >= 0.3 is 0 Å². The smallest absolute Gasteiger partial charge is 0.241 e. The van der Waals surface area contributed by atoms with E-state index in [9.17, 15) is 4.79 Å². The van der Waals surface area contributed by atoms with Gasteiger partial charge in [-0.1, -0.05) is 18.2 Å². The van der Waals surface area contributed by atoms with Gasteiger partial charge in [-0.05, 0) is 25.5 Å². The summed E-state index contributed by atoms with van der Waals surface area (Å²) in [5.41, 5.74) is 0. The number of hydrogen-bond acceptors (Lipinski definition) is 4. The Labute approximate surface area is 143 Å². The molecule has 1 aromatic carbocycles. The Balaban J connectivity index is 2.21. The molecule has 0 atom stereocenters. The zero-order valence-corrected chi connectivity index (χ0v) is 14.5. The second kappa shape index (κ2) is 13.2. The maximum absolute atomic E-state index is 11.6. The molecule has 1 aromatic rings. The van der Waals surface area contributed by atoms with Crippen LogP contribution in [0.5, 0.6) is 5.75 Å². The summed E-state index contributed by atoms with van der Waals surface area (Å²) in [5.74, 6) is 1.36. The summed E-state index contributed by atoms with van der Waals surface area (Å²) in [7, 11) is 1.60. The van der Waals surface area contributed by atoms with Crippen LogP contribution in [0, 0.1) is 0 Å². The third kappa shape index (κ3) is 9.68. The normalized spacial score (nSPS) is 11.0. The van der Waals surface area contributed by atoms with E-state index in [0.717, 1.165) is 18.7 Å². The molecular weight excluding hydrogens is 308 g/mol. The molecule has 24 heavy (non-hydrogen) atoms. The molecule has 7 nitrogen and oxygen atoms in total. The van der Waals surface area contributed by atoms with E-state index in [0.29, 0.717) is 32.3 Å². The van der Waals surface area contributed by atoms with Crippen molar-refractivity contribution in [2.45, 2.75) is 13.3 Å². The second-order valence-electron chi connectivity index (χ2n) is 4.98. The number of nitrogens with zero attached hydrogens (tertiary/aromatic N) is 1. The topological polar surface area (TPSA) is 84.0 Å². The van der Waals surface area contributed by atoms with Crippen LogP contribution in [0.4, 0.5) is 0 Å². The minimum atomic E-state index is -0.128. The average molecular weight is 336 g/mol. The Bertz CT molecular complexity index is 480. The monoisotopic (exact) mass is 336 g/mol. The van der Waals surface area contributed by atoms with Gasteiger partial charge in [-0.2, -0.15) is 0 Å². The number of methoxy groups -OCH3 is 1. The van der Waals surface area contributed by atoms with Crippen LogP contribution < -0.4 is 20.7 Å². The molecule has 134 valence electrons. The van der Waals surface area contributed by atoms with Crippen molar-refractivity contribution in [2.75, 3.05) is 46.5 Å². The third-order valence-electron chi connectivity index (χ3n) is 2.98. The SMILES string of the molecule is CCNC(=NCC(=O)NCCOC)NCCCOc1ccccc1. The molecule has 0 saturated heterocycles. The van der Waals surface area contributed by atoms with E-state index in [1.807, 2.05) is 37.3 Å². The minimum Gasteiger partial charge on any atom is -0.494 e. The molecule has 0 bridgehead atoms. The number of para-hydroxylation sites is 1. The standard InChI is InChI=1S/C17H28N4O3/c1-3-18-17(21-14-16(22)19-11-13-23-2)20-10-7-12-24-15-8-5-4-6-9-15/h4-6,8-9H,3,7,10-14H2,1-2H3,(H,19,22)(H2,18,20,21). The molecule has 0 heterocycles. The Hall–Kier alpha value is -2.28. The van der Waals surface area contributed by atoms with Gasteiger partial charge in [0, 0.05) is 26.7 Å². The molecule has 0 aliphatic heterocycles. The van der Waals surface area contributed by atoms with Crippen molar-refractivity contribution in [1.29, 1.82) is 0 Å². The number of carbonyl (C=O) groups excluding carboxylic acids is 1. The molecule has 0 aliphatic rings. The fraction of sp³-hybridized carbons (Fsp3) is 0.529. The zero-order chi connectivity index (χ0) is 17.5. The first-order valence-electron chi connectivity index (χ1n) is 8.22. The van der Waals surface area contributed by atoms with Crippen molar-refractivity contribution < 1.29 is 14.3 Å². The zero-order valence-electron chi connectivity index (χ0n) is 14.5. The van der Waals surface area contributed by atoms with Crippen LogP contribution in [0.3, 0.4) is 0 Å². The lowest BCUT2D eigenvalue weighted by atomic mass is 10.3. The number of ether oxygens (including phenoxy) is 2. The van der Waals surface area contributed by atoms with Gasteiger partial charge in [0.15, 0.2) is 5.96 Å². The van der Waals surface area contributed by atoms with Gasteiger partial charge in [-0.15, -0.1) is 0 Å². The number of guanidine groups is 1. The number of carbonyl (C=O) groups is 1. The Morgan fingerprint density at radius 1 is 1.08 bits per heavy atom. The van der Waals surface area contributed by atoms with E-state index >= 15 is 0 Å². The van der Waals surface area contributed by atoms with Gasteiger partial charge in [-0.25, -0.2) is 4.99 Å². The van der Waals surface area contributed by atoms with Crippen molar-refractivity contribution in [3.05, 3.63) is 30.3 Å². The predicted molar refractivity (Wildman–Crippen MR) is 95.4 cm³/mol. The first-order valence-corrected chi connectivity index (χ1v) is 8.22. The molecule has 1 rings (SSSR count). The number of nitrogens with one attached hydrogen (secondary N) is 3. The van der Waals surface area contributed by atoms with E-state index < -0.39 is 0 Å². The van der Waals surface area contributed by atoms with Gasteiger partial charge in [-0.3, -0.25) is 4.79 Å². The highest BCUT2D eigenvalue weighted by molar-refractivity contribution is 5.84. The van der Waals surface area contributed by atoms with Crippen LogP contribution in [0.15, 0.2) is 35.3 Å². The summed E-state index contributed by atoms with van der Waals surface area (Å²) < 4.78 is 10.5. The molecule has 7 heteroatoms. The third-order valence-corrected chi connectivity index (χ3v) is 2.98. The fourth-order valence-electron chi connectivity index (χ4n) is 1.83. The van der Waals surface area contributed by atoms with Crippen molar-refractivity contribution in [2.24, 2.45) is 4.99 Å². The van der Waals surface area contributed by atoms with Crippen LogP contribution in [0.25, 0.3) is 0 Å². The van der Waals surface area contributed by atoms with Crippen LogP contribution in [-0.2, 0) is 9.53 Å². The lowest BCUT2D eigenvalue weighted by Crippen LogP contribution is -2.39. The van der Waals surface area contributed by atoms with Crippen molar-refractivity contribution in [3.63, 3.8) is 0 Å². The van der Waals surface area contributed by atoms with Crippen LogP contribution in [0.1, 0.15) is 13.3 Å². The molecule has 0 radical (unpaired) electrons. The van der Waals surface area contributed by atoms with E-state index in [1.54, 1.807) is 7.11 Å². The van der Waals surface area contributed by atoms with Gasteiger partial charge in [0.05, 0.1) is 13.2 Å².